The maximum atomic E-state index is 13.3. The highest BCUT2D eigenvalue weighted by molar-refractivity contribution is 7.18. The summed E-state index contributed by atoms with van der Waals surface area (Å²) >= 11 is 0. The summed E-state index contributed by atoms with van der Waals surface area (Å²) < 4.78 is 13.3. The zero-order valence-corrected chi connectivity index (χ0v) is 9.17. The van der Waals surface area contributed by atoms with Gasteiger partial charge in [-0.3, -0.25) is 0 Å². The fourth-order valence-corrected chi connectivity index (χ4v) is 1.88. The minimum absolute atomic E-state index is 0.671. The van der Waals surface area contributed by atoms with Crippen LogP contribution >= 0.6 is 9.24 Å². The SMILES string of the molecule is CC(C)CN1CCC(F)(P)CC1. The lowest BCUT2D eigenvalue weighted by atomic mass is 10.1. The number of nitrogens with zero attached hydrogens (tertiary/aromatic N) is 1. The van der Waals surface area contributed by atoms with Gasteiger partial charge in [0.2, 0.25) is 0 Å². The van der Waals surface area contributed by atoms with Crippen LogP contribution in [0.2, 0.25) is 0 Å². The Morgan fingerprint density at radius 3 is 2.33 bits per heavy atom. The normalized spacial score (nSPS) is 24.8. The maximum Gasteiger partial charge on any atom is 0.126 e. The van der Waals surface area contributed by atoms with E-state index in [1.54, 1.807) is 0 Å². The Balaban J connectivity index is 2.27. The second-order valence-corrected chi connectivity index (χ2v) is 5.26. The van der Waals surface area contributed by atoms with Crippen molar-refractivity contribution in [2.24, 2.45) is 5.92 Å². The number of rotatable bonds is 2. The standard InChI is InChI=1S/C9H19FNP/c1-8(2)7-11-5-3-9(10,12)4-6-11/h8H,3-7,12H2,1-2H3. The molecule has 0 bridgehead atoms. The van der Waals surface area contributed by atoms with Crippen LogP contribution in [0.3, 0.4) is 0 Å². The van der Waals surface area contributed by atoms with Gasteiger partial charge in [0.25, 0.3) is 0 Å². The van der Waals surface area contributed by atoms with Crippen molar-refractivity contribution in [3.63, 3.8) is 0 Å². The van der Waals surface area contributed by atoms with Gasteiger partial charge in [-0.25, -0.2) is 4.39 Å². The summed E-state index contributed by atoms with van der Waals surface area (Å²) in [4.78, 5) is 2.35. The summed E-state index contributed by atoms with van der Waals surface area (Å²) in [6.07, 6.45) is 1.34. The zero-order chi connectivity index (χ0) is 9.19. The Hall–Kier alpha value is 0.320. The van der Waals surface area contributed by atoms with Crippen LogP contribution in [-0.4, -0.2) is 29.9 Å². The number of hydrogen-bond acceptors (Lipinski definition) is 1. The molecule has 1 aliphatic rings. The smallest absolute Gasteiger partial charge is 0.126 e. The Labute approximate surface area is 76.9 Å². The fourth-order valence-electron chi connectivity index (χ4n) is 1.62. The number of likely N-dealkylation sites (tertiary alicyclic amines) is 1. The van der Waals surface area contributed by atoms with Crippen LogP contribution < -0.4 is 0 Å². The second kappa shape index (κ2) is 4.02. The van der Waals surface area contributed by atoms with Crippen LogP contribution in [0.15, 0.2) is 0 Å². The molecule has 0 aromatic carbocycles. The van der Waals surface area contributed by atoms with E-state index in [4.69, 9.17) is 0 Å². The predicted molar refractivity (Wildman–Crippen MR) is 54.1 cm³/mol. The van der Waals surface area contributed by atoms with Gasteiger partial charge < -0.3 is 4.90 Å². The monoisotopic (exact) mass is 191 g/mol. The van der Waals surface area contributed by atoms with E-state index in [2.05, 4.69) is 28.0 Å². The number of alkyl halides is 1. The highest BCUT2D eigenvalue weighted by Crippen LogP contribution is 2.32. The summed E-state index contributed by atoms with van der Waals surface area (Å²) in [6, 6.07) is 0. The topological polar surface area (TPSA) is 3.24 Å². The average molecular weight is 191 g/mol. The molecule has 72 valence electrons. The third-order valence-electron chi connectivity index (χ3n) is 2.31. The first-order valence-corrected chi connectivity index (χ1v) is 5.27. The van der Waals surface area contributed by atoms with Crippen LogP contribution in [0.4, 0.5) is 4.39 Å². The molecule has 0 saturated carbocycles. The molecular weight excluding hydrogens is 172 g/mol. The molecule has 1 fully saturated rings. The van der Waals surface area contributed by atoms with Crippen LogP contribution in [0.1, 0.15) is 26.7 Å². The lowest BCUT2D eigenvalue weighted by molar-refractivity contribution is 0.118. The molecule has 1 saturated heterocycles. The highest BCUT2D eigenvalue weighted by Gasteiger charge is 2.29. The molecule has 12 heavy (non-hydrogen) atoms. The Morgan fingerprint density at radius 1 is 1.42 bits per heavy atom. The van der Waals surface area contributed by atoms with Gasteiger partial charge in [-0.05, 0) is 18.8 Å². The molecule has 1 unspecified atom stereocenters. The van der Waals surface area contributed by atoms with Crippen LogP contribution in [0.25, 0.3) is 0 Å². The first kappa shape index (κ1) is 10.4. The second-order valence-electron chi connectivity index (χ2n) is 4.23. The van der Waals surface area contributed by atoms with Crippen molar-refractivity contribution < 1.29 is 4.39 Å². The average Bonchev–Trinajstić information content (AvgIpc) is 1.93. The van der Waals surface area contributed by atoms with E-state index in [0.717, 1.165) is 19.6 Å². The Morgan fingerprint density at radius 2 is 1.92 bits per heavy atom. The van der Waals surface area contributed by atoms with Crippen molar-refractivity contribution in [1.82, 2.24) is 4.90 Å². The van der Waals surface area contributed by atoms with Crippen LogP contribution in [0, 0.1) is 5.92 Å². The van der Waals surface area contributed by atoms with Crippen molar-refractivity contribution >= 4 is 9.24 Å². The fraction of sp³-hybridized carbons (Fsp3) is 1.00. The summed E-state index contributed by atoms with van der Waals surface area (Å²) in [7, 11) is 2.33. The summed E-state index contributed by atoms with van der Waals surface area (Å²) in [5.74, 6) is 0.696. The Bertz CT molecular complexity index is 137. The molecule has 3 heteroatoms. The number of piperidine rings is 1. The molecule has 0 radical (unpaired) electrons. The van der Waals surface area contributed by atoms with Gasteiger partial charge in [0.1, 0.15) is 5.41 Å². The molecule has 0 spiro atoms. The molecule has 1 nitrogen and oxygen atoms in total. The van der Waals surface area contributed by atoms with Crippen LogP contribution in [0.5, 0.6) is 0 Å². The van der Waals surface area contributed by atoms with Crippen LogP contribution in [-0.2, 0) is 0 Å². The van der Waals surface area contributed by atoms with Gasteiger partial charge in [-0.2, -0.15) is 0 Å². The molecule has 1 aliphatic heterocycles. The maximum absolute atomic E-state index is 13.3. The quantitative estimate of drug-likeness (QED) is 0.605. The van der Waals surface area contributed by atoms with E-state index in [1.807, 2.05) is 0 Å². The van der Waals surface area contributed by atoms with Gasteiger partial charge in [0, 0.05) is 19.6 Å². The molecule has 0 aromatic heterocycles. The van der Waals surface area contributed by atoms with Crippen molar-refractivity contribution in [3.8, 4) is 0 Å². The van der Waals surface area contributed by atoms with Gasteiger partial charge in [-0.15, -0.1) is 0 Å². The number of halogens is 1. The van der Waals surface area contributed by atoms with E-state index >= 15 is 0 Å². The van der Waals surface area contributed by atoms with Crippen molar-refractivity contribution in [2.45, 2.75) is 32.1 Å². The van der Waals surface area contributed by atoms with Gasteiger partial charge in [0.15, 0.2) is 0 Å². The minimum atomic E-state index is -0.979. The predicted octanol–water partition coefficient (Wildman–Crippen LogP) is 2.28. The first-order chi connectivity index (χ1) is 5.49. The summed E-state index contributed by atoms with van der Waals surface area (Å²) in [5.41, 5.74) is 0. The molecule has 1 atom stereocenters. The zero-order valence-electron chi connectivity index (χ0n) is 8.02. The lowest BCUT2D eigenvalue weighted by Gasteiger charge is -2.34. The molecule has 0 aromatic rings. The third kappa shape index (κ3) is 3.37. The minimum Gasteiger partial charge on any atom is -0.303 e. The van der Waals surface area contributed by atoms with E-state index in [-0.39, 0.29) is 0 Å². The van der Waals surface area contributed by atoms with Gasteiger partial charge >= 0.3 is 0 Å². The van der Waals surface area contributed by atoms with Gasteiger partial charge in [-0.1, -0.05) is 23.1 Å². The van der Waals surface area contributed by atoms with E-state index in [1.165, 1.54) is 0 Å². The summed E-state index contributed by atoms with van der Waals surface area (Å²) in [6.45, 7) is 7.35. The molecule has 1 rings (SSSR count). The van der Waals surface area contributed by atoms with E-state index < -0.39 is 5.41 Å². The van der Waals surface area contributed by atoms with Crippen molar-refractivity contribution in [2.75, 3.05) is 19.6 Å². The highest BCUT2D eigenvalue weighted by atomic mass is 31.0. The molecule has 1 heterocycles. The van der Waals surface area contributed by atoms with E-state index in [9.17, 15) is 4.39 Å². The first-order valence-electron chi connectivity index (χ1n) is 4.70. The molecule has 0 aliphatic carbocycles. The largest absolute Gasteiger partial charge is 0.303 e. The van der Waals surface area contributed by atoms with Gasteiger partial charge in [0.05, 0.1) is 0 Å². The number of hydrogen-bond donors (Lipinski definition) is 0. The van der Waals surface area contributed by atoms with E-state index in [0.29, 0.717) is 18.8 Å². The molecule has 0 amide bonds. The third-order valence-corrected chi connectivity index (χ3v) is 2.89. The Kier molecular flexibility index (Phi) is 3.48. The van der Waals surface area contributed by atoms with Crippen molar-refractivity contribution in [1.29, 1.82) is 0 Å². The molecular formula is C9H19FNP. The summed E-state index contributed by atoms with van der Waals surface area (Å²) in [5, 5.41) is -0.979. The molecule has 0 N–H and O–H groups in total. The van der Waals surface area contributed by atoms with Crippen molar-refractivity contribution in [3.05, 3.63) is 0 Å². The lowest BCUT2D eigenvalue weighted by Crippen LogP contribution is -2.40.